The predicted molar refractivity (Wildman–Crippen MR) is 83.4 cm³/mol. The first-order valence-electron chi connectivity index (χ1n) is 7.61. The van der Waals surface area contributed by atoms with Gasteiger partial charge in [0.05, 0.1) is 12.1 Å². The maximum absolute atomic E-state index is 12.7. The number of amides is 2. The van der Waals surface area contributed by atoms with Gasteiger partial charge in [-0.25, -0.2) is 4.79 Å². The van der Waals surface area contributed by atoms with E-state index in [-0.39, 0.29) is 11.6 Å². The number of urea groups is 1. The fourth-order valence-corrected chi connectivity index (χ4v) is 3.27. The number of likely N-dealkylation sites (tertiary alicyclic amines) is 1. The highest BCUT2D eigenvalue weighted by atomic mass is 16.5. The molecule has 0 aliphatic carbocycles. The van der Waals surface area contributed by atoms with Crippen molar-refractivity contribution in [3.05, 3.63) is 24.0 Å². The molecule has 1 fully saturated rings. The average molecular weight is 291 g/mol. The van der Waals surface area contributed by atoms with Gasteiger partial charge < -0.3 is 15.0 Å². The minimum Gasteiger partial charge on any atom is -0.382 e. The van der Waals surface area contributed by atoms with Crippen LogP contribution in [0.25, 0.3) is 0 Å². The van der Waals surface area contributed by atoms with Crippen LogP contribution in [0.2, 0.25) is 0 Å². The van der Waals surface area contributed by atoms with Gasteiger partial charge in [-0.05, 0) is 37.8 Å². The van der Waals surface area contributed by atoms with E-state index < -0.39 is 0 Å². The molecule has 0 radical (unpaired) electrons. The number of anilines is 1. The number of carbonyl (C=O) groups excluding carboxylic acids is 1. The van der Waals surface area contributed by atoms with Crippen LogP contribution >= 0.6 is 0 Å². The molecular formula is C16H25N3O2. The number of rotatable bonds is 5. The normalized spacial score (nSPS) is 21.6. The highest BCUT2D eigenvalue weighted by molar-refractivity contribution is 5.90. The molecule has 1 unspecified atom stereocenters. The Morgan fingerprint density at radius 3 is 3.05 bits per heavy atom. The van der Waals surface area contributed by atoms with Gasteiger partial charge in [0.15, 0.2) is 0 Å². The van der Waals surface area contributed by atoms with Gasteiger partial charge in [-0.2, -0.15) is 0 Å². The van der Waals surface area contributed by atoms with Crippen LogP contribution in [0.15, 0.2) is 18.5 Å². The largest absolute Gasteiger partial charge is 0.382 e. The molecular weight excluding hydrogens is 266 g/mol. The van der Waals surface area contributed by atoms with Crippen molar-refractivity contribution in [2.24, 2.45) is 0 Å². The van der Waals surface area contributed by atoms with E-state index >= 15 is 0 Å². The van der Waals surface area contributed by atoms with Gasteiger partial charge in [-0.15, -0.1) is 0 Å². The topological polar surface area (TPSA) is 54.5 Å². The molecule has 1 aliphatic rings. The second-order valence-electron chi connectivity index (χ2n) is 5.78. The zero-order valence-corrected chi connectivity index (χ0v) is 13.2. The van der Waals surface area contributed by atoms with E-state index in [9.17, 15) is 4.79 Å². The maximum atomic E-state index is 12.7. The Bertz CT molecular complexity index is 484. The summed E-state index contributed by atoms with van der Waals surface area (Å²) < 4.78 is 5.40. The summed E-state index contributed by atoms with van der Waals surface area (Å²) in [6, 6.07) is 1.80. The number of pyridine rings is 1. The summed E-state index contributed by atoms with van der Waals surface area (Å²) in [5, 5.41) is 3.02. The van der Waals surface area contributed by atoms with E-state index in [1.807, 2.05) is 17.9 Å². The lowest BCUT2D eigenvalue weighted by Gasteiger charge is -2.38. The SMILES string of the molecule is CCCC1(COC)CCCN1C(=O)Nc1ccncc1C. The van der Waals surface area contributed by atoms with E-state index in [1.165, 1.54) is 0 Å². The molecule has 1 aliphatic heterocycles. The summed E-state index contributed by atoms with van der Waals surface area (Å²) >= 11 is 0. The molecule has 2 heterocycles. The lowest BCUT2D eigenvalue weighted by molar-refractivity contribution is 0.0540. The Hall–Kier alpha value is -1.62. The van der Waals surface area contributed by atoms with E-state index in [0.717, 1.165) is 43.5 Å². The highest BCUT2D eigenvalue weighted by Crippen LogP contribution is 2.34. The lowest BCUT2D eigenvalue weighted by atomic mass is 9.91. The zero-order valence-electron chi connectivity index (χ0n) is 13.2. The second kappa shape index (κ2) is 6.89. The van der Waals surface area contributed by atoms with Crippen molar-refractivity contribution in [3.63, 3.8) is 0 Å². The maximum Gasteiger partial charge on any atom is 0.322 e. The smallest absolute Gasteiger partial charge is 0.322 e. The Morgan fingerprint density at radius 2 is 2.38 bits per heavy atom. The van der Waals surface area contributed by atoms with Crippen LogP contribution in [0.1, 0.15) is 38.2 Å². The van der Waals surface area contributed by atoms with Crippen LogP contribution in [0.5, 0.6) is 0 Å². The Balaban J connectivity index is 2.15. The molecule has 1 saturated heterocycles. The molecule has 2 rings (SSSR count). The van der Waals surface area contributed by atoms with Gasteiger partial charge in [-0.1, -0.05) is 13.3 Å². The van der Waals surface area contributed by atoms with Gasteiger partial charge in [0.2, 0.25) is 0 Å². The van der Waals surface area contributed by atoms with Crippen molar-refractivity contribution < 1.29 is 9.53 Å². The van der Waals surface area contributed by atoms with Crippen molar-refractivity contribution in [3.8, 4) is 0 Å². The van der Waals surface area contributed by atoms with Crippen LogP contribution in [0, 0.1) is 6.92 Å². The van der Waals surface area contributed by atoms with Crippen LogP contribution in [0.4, 0.5) is 10.5 Å². The standard InChI is InChI=1S/C16H25N3O2/c1-4-7-16(12-21-3)8-5-10-19(16)15(20)18-14-6-9-17-11-13(14)2/h6,9,11H,4-5,7-8,10,12H2,1-3H3,(H,17,18,20). The molecule has 0 aromatic carbocycles. The number of ether oxygens (including phenoxy) is 1. The average Bonchev–Trinajstić information content (AvgIpc) is 2.86. The monoisotopic (exact) mass is 291 g/mol. The molecule has 5 heteroatoms. The van der Waals surface area contributed by atoms with E-state index in [1.54, 1.807) is 19.5 Å². The molecule has 116 valence electrons. The summed E-state index contributed by atoms with van der Waals surface area (Å²) in [7, 11) is 1.71. The van der Waals surface area contributed by atoms with Gasteiger partial charge in [0.25, 0.3) is 0 Å². The number of aromatic nitrogens is 1. The number of nitrogens with one attached hydrogen (secondary N) is 1. The second-order valence-corrected chi connectivity index (χ2v) is 5.78. The zero-order chi connectivity index (χ0) is 15.3. The minimum absolute atomic E-state index is 0.0349. The summed E-state index contributed by atoms with van der Waals surface area (Å²) in [5.74, 6) is 0. The summed E-state index contributed by atoms with van der Waals surface area (Å²) in [6.07, 6.45) is 7.52. The number of nitrogens with zero attached hydrogens (tertiary/aromatic N) is 2. The molecule has 0 bridgehead atoms. The molecule has 0 saturated carbocycles. The van der Waals surface area contributed by atoms with E-state index in [0.29, 0.717) is 6.61 Å². The van der Waals surface area contributed by atoms with Crippen LogP contribution in [0.3, 0.4) is 0 Å². The number of hydrogen-bond donors (Lipinski definition) is 1. The van der Waals surface area contributed by atoms with Crippen LogP contribution < -0.4 is 5.32 Å². The van der Waals surface area contributed by atoms with Gasteiger partial charge in [0.1, 0.15) is 0 Å². The summed E-state index contributed by atoms with van der Waals surface area (Å²) in [5.41, 5.74) is 1.64. The number of methoxy groups -OCH3 is 1. The Morgan fingerprint density at radius 1 is 1.57 bits per heavy atom. The minimum atomic E-state index is -0.158. The predicted octanol–water partition coefficient (Wildman–Crippen LogP) is 3.20. The van der Waals surface area contributed by atoms with Crippen molar-refractivity contribution in [1.29, 1.82) is 0 Å². The molecule has 2 amide bonds. The van der Waals surface area contributed by atoms with Crippen molar-refractivity contribution in [2.45, 2.75) is 45.1 Å². The first-order valence-corrected chi connectivity index (χ1v) is 7.61. The van der Waals surface area contributed by atoms with E-state index in [4.69, 9.17) is 4.74 Å². The molecule has 1 aromatic heterocycles. The molecule has 5 nitrogen and oxygen atoms in total. The van der Waals surface area contributed by atoms with Crippen molar-refractivity contribution in [1.82, 2.24) is 9.88 Å². The Kier molecular flexibility index (Phi) is 5.17. The third kappa shape index (κ3) is 3.35. The molecule has 1 N–H and O–H groups in total. The van der Waals surface area contributed by atoms with Gasteiger partial charge in [0, 0.05) is 31.7 Å². The van der Waals surface area contributed by atoms with Crippen LogP contribution in [-0.4, -0.2) is 41.7 Å². The van der Waals surface area contributed by atoms with E-state index in [2.05, 4.69) is 17.2 Å². The third-order valence-electron chi connectivity index (χ3n) is 4.23. The molecule has 21 heavy (non-hydrogen) atoms. The number of hydrogen-bond acceptors (Lipinski definition) is 3. The third-order valence-corrected chi connectivity index (χ3v) is 4.23. The molecule has 0 spiro atoms. The van der Waals surface area contributed by atoms with Crippen molar-refractivity contribution >= 4 is 11.7 Å². The Labute approximate surface area is 126 Å². The molecule has 1 aromatic rings. The quantitative estimate of drug-likeness (QED) is 0.906. The first kappa shape index (κ1) is 15.8. The van der Waals surface area contributed by atoms with Crippen molar-refractivity contribution in [2.75, 3.05) is 25.6 Å². The number of aryl methyl sites for hydroxylation is 1. The van der Waals surface area contributed by atoms with Crippen LogP contribution in [-0.2, 0) is 4.74 Å². The fraction of sp³-hybridized carbons (Fsp3) is 0.625. The number of carbonyl (C=O) groups is 1. The van der Waals surface area contributed by atoms with Gasteiger partial charge >= 0.3 is 6.03 Å². The highest BCUT2D eigenvalue weighted by Gasteiger charge is 2.43. The van der Waals surface area contributed by atoms with Gasteiger partial charge in [-0.3, -0.25) is 4.98 Å². The fourth-order valence-electron chi connectivity index (χ4n) is 3.27. The first-order chi connectivity index (χ1) is 10.1. The summed E-state index contributed by atoms with van der Waals surface area (Å²) in [6.45, 7) is 5.49. The summed E-state index contributed by atoms with van der Waals surface area (Å²) in [4.78, 5) is 18.7. The lowest BCUT2D eigenvalue weighted by Crippen LogP contribution is -2.52. The molecule has 1 atom stereocenters.